The first kappa shape index (κ1) is 10.9. The maximum atomic E-state index is 5.72. The Morgan fingerprint density at radius 1 is 1.44 bits per heavy atom. The molecule has 2 rings (SSSR count). The second kappa shape index (κ2) is 4.49. The number of aromatic nitrogens is 4. The summed E-state index contributed by atoms with van der Waals surface area (Å²) >= 11 is 5.72. The highest BCUT2D eigenvalue weighted by Gasteiger charge is 2.01. The van der Waals surface area contributed by atoms with Crippen LogP contribution in [0.3, 0.4) is 0 Å². The van der Waals surface area contributed by atoms with Crippen LogP contribution in [0.4, 0.5) is 5.82 Å². The van der Waals surface area contributed by atoms with Crippen molar-refractivity contribution in [3.05, 3.63) is 35.0 Å². The highest BCUT2D eigenvalue weighted by molar-refractivity contribution is 6.29. The van der Waals surface area contributed by atoms with Gasteiger partial charge in [-0.25, -0.2) is 4.98 Å². The minimum atomic E-state index is 0.377. The summed E-state index contributed by atoms with van der Waals surface area (Å²) in [5.41, 5.74) is 2.08. The fourth-order valence-corrected chi connectivity index (χ4v) is 1.48. The molecule has 16 heavy (non-hydrogen) atoms. The molecule has 0 aliphatic heterocycles. The van der Waals surface area contributed by atoms with E-state index < -0.39 is 0 Å². The number of rotatable bonds is 3. The van der Waals surface area contributed by atoms with Gasteiger partial charge in [-0.3, -0.25) is 9.67 Å². The Labute approximate surface area is 98.5 Å². The summed E-state index contributed by atoms with van der Waals surface area (Å²) in [4.78, 5) is 8.01. The van der Waals surface area contributed by atoms with Gasteiger partial charge in [0.2, 0.25) is 0 Å². The maximum absolute atomic E-state index is 5.72. The first-order valence-corrected chi connectivity index (χ1v) is 5.24. The zero-order chi connectivity index (χ0) is 11.5. The molecule has 0 amide bonds. The number of aryl methyl sites for hydroxylation is 2. The molecule has 5 nitrogen and oxygen atoms in total. The van der Waals surface area contributed by atoms with Crippen molar-refractivity contribution in [2.24, 2.45) is 7.05 Å². The lowest BCUT2D eigenvalue weighted by Crippen LogP contribution is -2.03. The van der Waals surface area contributed by atoms with E-state index in [1.807, 2.05) is 24.7 Å². The highest BCUT2D eigenvalue weighted by Crippen LogP contribution is 2.08. The van der Waals surface area contributed by atoms with Crippen LogP contribution in [0.25, 0.3) is 0 Å². The van der Waals surface area contributed by atoms with Gasteiger partial charge in [-0.1, -0.05) is 11.6 Å². The van der Waals surface area contributed by atoms with E-state index in [9.17, 15) is 0 Å². The molecule has 0 saturated heterocycles. The fourth-order valence-electron chi connectivity index (χ4n) is 1.33. The third kappa shape index (κ3) is 2.49. The fraction of sp³-hybridized carbons (Fsp3) is 0.300. The lowest BCUT2D eigenvalue weighted by Gasteiger charge is -2.02. The van der Waals surface area contributed by atoms with Crippen LogP contribution < -0.4 is 5.32 Å². The van der Waals surface area contributed by atoms with Crippen molar-refractivity contribution in [3.63, 3.8) is 0 Å². The summed E-state index contributed by atoms with van der Waals surface area (Å²) < 4.78 is 1.83. The molecule has 0 aliphatic carbocycles. The van der Waals surface area contributed by atoms with E-state index in [1.54, 1.807) is 6.20 Å². The molecule has 0 aliphatic rings. The molecule has 0 aromatic carbocycles. The Bertz CT molecular complexity index is 474. The van der Waals surface area contributed by atoms with E-state index in [0.717, 1.165) is 11.4 Å². The monoisotopic (exact) mass is 237 g/mol. The summed E-state index contributed by atoms with van der Waals surface area (Å²) in [6.07, 6.45) is 3.12. The molecule has 0 unspecified atom stereocenters. The zero-order valence-electron chi connectivity index (χ0n) is 9.11. The quantitative estimate of drug-likeness (QED) is 0.884. The van der Waals surface area contributed by atoms with Crippen molar-refractivity contribution in [1.29, 1.82) is 0 Å². The minimum absolute atomic E-state index is 0.377. The molecule has 84 valence electrons. The summed E-state index contributed by atoms with van der Waals surface area (Å²) in [5, 5.41) is 7.81. The normalized spacial score (nSPS) is 10.4. The predicted octanol–water partition coefficient (Wildman–Crippen LogP) is 1.78. The second-order valence-corrected chi connectivity index (χ2v) is 3.87. The molecule has 2 aromatic heterocycles. The van der Waals surface area contributed by atoms with E-state index in [-0.39, 0.29) is 0 Å². The van der Waals surface area contributed by atoms with Gasteiger partial charge in [0.05, 0.1) is 24.6 Å². The van der Waals surface area contributed by atoms with Gasteiger partial charge in [0.15, 0.2) is 0 Å². The number of nitrogens with one attached hydrogen (secondary N) is 1. The van der Waals surface area contributed by atoms with Gasteiger partial charge in [-0.2, -0.15) is 5.10 Å². The molecular weight excluding hydrogens is 226 g/mol. The van der Waals surface area contributed by atoms with Crippen molar-refractivity contribution in [2.75, 3.05) is 5.32 Å². The largest absolute Gasteiger partial charge is 0.363 e. The lowest BCUT2D eigenvalue weighted by molar-refractivity contribution is 0.724. The van der Waals surface area contributed by atoms with Crippen molar-refractivity contribution in [1.82, 2.24) is 19.7 Å². The van der Waals surface area contributed by atoms with Gasteiger partial charge in [0.1, 0.15) is 11.0 Å². The van der Waals surface area contributed by atoms with Gasteiger partial charge in [0, 0.05) is 12.7 Å². The Morgan fingerprint density at radius 2 is 2.25 bits per heavy atom. The molecule has 2 aromatic rings. The smallest absolute Gasteiger partial charge is 0.149 e. The van der Waals surface area contributed by atoms with Crippen LogP contribution in [0, 0.1) is 6.92 Å². The molecule has 0 saturated carbocycles. The number of nitrogens with zero attached hydrogens (tertiary/aromatic N) is 4. The van der Waals surface area contributed by atoms with Crippen LogP contribution >= 0.6 is 11.6 Å². The first-order chi connectivity index (χ1) is 7.65. The second-order valence-electron chi connectivity index (χ2n) is 3.48. The molecule has 0 bridgehead atoms. The highest BCUT2D eigenvalue weighted by atomic mass is 35.5. The van der Waals surface area contributed by atoms with Gasteiger partial charge in [-0.05, 0) is 13.0 Å². The van der Waals surface area contributed by atoms with Crippen LogP contribution in [0.15, 0.2) is 18.5 Å². The summed E-state index contributed by atoms with van der Waals surface area (Å²) in [7, 11) is 1.91. The van der Waals surface area contributed by atoms with Crippen molar-refractivity contribution in [3.8, 4) is 0 Å². The molecule has 0 spiro atoms. The van der Waals surface area contributed by atoms with Gasteiger partial charge in [0.25, 0.3) is 0 Å². The SMILES string of the molecule is Cc1cc(CNc2cncc(Cl)n2)nn1C. The average molecular weight is 238 g/mol. The van der Waals surface area contributed by atoms with Crippen LogP contribution in [-0.4, -0.2) is 19.7 Å². The summed E-state index contributed by atoms with van der Waals surface area (Å²) in [5.74, 6) is 0.649. The summed E-state index contributed by atoms with van der Waals surface area (Å²) in [6, 6.07) is 2.02. The van der Waals surface area contributed by atoms with Crippen LogP contribution in [0.1, 0.15) is 11.4 Å². The predicted molar refractivity (Wildman–Crippen MR) is 62.3 cm³/mol. The zero-order valence-corrected chi connectivity index (χ0v) is 9.86. The van der Waals surface area contributed by atoms with Crippen LogP contribution in [-0.2, 0) is 13.6 Å². The molecule has 0 atom stereocenters. The van der Waals surface area contributed by atoms with Gasteiger partial charge in [-0.15, -0.1) is 0 Å². The number of hydrogen-bond donors (Lipinski definition) is 1. The Kier molecular flexibility index (Phi) is 3.05. The van der Waals surface area contributed by atoms with Crippen LogP contribution in [0.2, 0.25) is 5.15 Å². The molecule has 0 fully saturated rings. The molecule has 1 N–H and O–H groups in total. The first-order valence-electron chi connectivity index (χ1n) is 4.86. The average Bonchev–Trinajstić information content (AvgIpc) is 2.56. The van der Waals surface area contributed by atoms with E-state index in [4.69, 9.17) is 11.6 Å². The Hall–Kier alpha value is -1.62. The molecule has 6 heteroatoms. The Balaban J connectivity index is 2.02. The molecule has 0 radical (unpaired) electrons. The van der Waals surface area contributed by atoms with Crippen molar-refractivity contribution < 1.29 is 0 Å². The van der Waals surface area contributed by atoms with E-state index in [1.165, 1.54) is 6.20 Å². The number of anilines is 1. The number of halogens is 1. The third-order valence-corrected chi connectivity index (χ3v) is 2.40. The molecular formula is C10H12ClN5. The summed E-state index contributed by atoms with van der Waals surface area (Å²) in [6.45, 7) is 2.62. The number of hydrogen-bond acceptors (Lipinski definition) is 4. The van der Waals surface area contributed by atoms with Crippen molar-refractivity contribution >= 4 is 17.4 Å². The van der Waals surface area contributed by atoms with Crippen molar-refractivity contribution in [2.45, 2.75) is 13.5 Å². The maximum Gasteiger partial charge on any atom is 0.149 e. The van der Waals surface area contributed by atoms with Gasteiger partial charge < -0.3 is 5.32 Å². The topological polar surface area (TPSA) is 55.6 Å². The van der Waals surface area contributed by atoms with E-state index >= 15 is 0 Å². The Morgan fingerprint density at radius 3 is 2.88 bits per heavy atom. The molecule has 2 heterocycles. The van der Waals surface area contributed by atoms with Crippen LogP contribution in [0.5, 0.6) is 0 Å². The van der Waals surface area contributed by atoms with E-state index in [2.05, 4.69) is 20.4 Å². The lowest BCUT2D eigenvalue weighted by atomic mass is 10.4. The third-order valence-electron chi connectivity index (χ3n) is 2.22. The van der Waals surface area contributed by atoms with E-state index in [0.29, 0.717) is 17.5 Å². The standard InChI is InChI=1S/C10H12ClN5/c1-7-3-8(15-16(7)2)4-13-10-6-12-5-9(11)14-10/h3,5-6H,4H2,1-2H3,(H,13,14). The minimum Gasteiger partial charge on any atom is -0.363 e. The van der Waals surface area contributed by atoms with Gasteiger partial charge >= 0.3 is 0 Å².